The molecule has 112 valence electrons. The number of carbonyl (C=O) groups is 1. The molecule has 5 nitrogen and oxygen atoms in total. The van der Waals surface area contributed by atoms with Crippen molar-refractivity contribution >= 4 is 32.8 Å². The summed E-state index contributed by atoms with van der Waals surface area (Å²) in [6, 6.07) is 12.1. The molecule has 2 aromatic carbocycles. The van der Waals surface area contributed by atoms with E-state index in [1.807, 2.05) is 24.3 Å². The molecule has 0 saturated heterocycles. The van der Waals surface area contributed by atoms with Crippen molar-refractivity contribution in [3.05, 3.63) is 54.6 Å². The zero-order valence-electron chi connectivity index (χ0n) is 11.5. The Bertz CT molecular complexity index is 901. The number of allylic oxidation sites excluding steroid dienone is 1. The zero-order valence-corrected chi connectivity index (χ0v) is 12.3. The molecule has 2 aromatic rings. The molecule has 1 aliphatic heterocycles. The maximum absolute atomic E-state index is 12.9. The van der Waals surface area contributed by atoms with Crippen LogP contribution in [0, 0.1) is 0 Å². The molecule has 0 aromatic heterocycles. The van der Waals surface area contributed by atoms with Crippen molar-refractivity contribution in [2.45, 2.75) is 16.2 Å². The van der Waals surface area contributed by atoms with Gasteiger partial charge in [0.05, 0.1) is 11.3 Å². The molecule has 0 fully saturated rings. The van der Waals surface area contributed by atoms with E-state index in [4.69, 9.17) is 5.11 Å². The van der Waals surface area contributed by atoms with E-state index in [1.165, 1.54) is 24.4 Å². The molecule has 0 radical (unpaired) electrons. The fraction of sp³-hybridized carbons (Fsp3) is 0.125. The van der Waals surface area contributed by atoms with Gasteiger partial charge in [-0.25, -0.2) is 8.42 Å². The molecule has 1 atom stereocenters. The molecule has 22 heavy (non-hydrogen) atoms. The number of rotatable bonds is 4. The lowest BCUT2D eigenvalue weighted by molar-refractivity contribution is -0.137. The molecule has 0 spiro atoms. The Morgan fingerprint density at radius 3 is 2.50 bits per heavy atom. The second-order valence-corrected chi connectivity index (χ2v) is 7.25. The molecule has 1 aliphatic rings. The summed E-state index contributed by atoms with van der Waals surface area (Å²) in [6.07, 6.45) is 3.50. The van der Waals surface area contributed by atoms with E-state index in [1.54, 1.807) is 12.1 Å². The van der Waals surface area contributed by atoms with E-state index in [-0.39, 0.29) is 4.90 Å². The van der Waals surface area contributed by atoms with Crippen molar-refractivity contribution in [3.63, 3.8) is 0 Å². The summed E-state index contributed by atoms with van der Waals surface area (Å²) >= 11 is 0. The van der Waals surface area contributed by atoms with Gasteiger partial charge in [0.25, 0.3) is 0 Å². The number of sulfone groups is 1. The number of carboxylic acid groups (broad SMARTS) is 1. The topological polar surface area (TPSA) is 83.8 Å². The lowest BCUT2D eigenvalue weighted by atomic mass is 10.1. The third-order valence-corrected chi connectivity index (χ3v) is 5.83. The van der Waals surface area contributed by atoms with E-state index >= 15 is 0 Å². The Labute approximate surface area is 127 Å². The van der Waals surface area contributed by atoms with Gasteiger partial charge in [0.15, 0.2) is 4.87 Å². The summed E-state index contributed by atoms with van der Waals surface area (Å²) in [4.78, 5) is 13.3. The van der Waals surface area contributed by atoms with Crippen molar-refractivity contribution in [2.24, 2.45) is 4.99 Å². The molecule has 3 rings (SSSR count). The fourth-order valence-electron chi connectivity index (χ4n) is 2.52. The fourth-order valence-corrected chi connectivity index (χ4v) is 4.23. The Kier molecular flexibility index (Phi) is 3.33. The SMILES string of the molecule is O=C(O)CC1(S(=O)(=O)c2ccc3ccccc3c2)C=CC=N1. The molecule has 1 heterocycles. The quantitative estimate of drug-likeness (QED) is 0.939. The highest BCUT2D eigenvalue weighted by molar-refractivity contribution is 7.93. The van der Waals surface area contributed by atoms with Crippen LogP contribution in [-0.2, 0) is 14.6 Å². The first kappa shape index (κ1) is 14.5. The van der Waals surface area contributed by atoms with Crippen LogP contribution in [0.4, 0.5) is 0 Å². The summed E-state index contributed by atoms with van der Waals surface area (Å²) in [7, 11) is -3.95. The van der Waals surface area contributed by atoms with Crippen LogP contribution in [-0.4, -0.2) is 30.6 Å². The molecule has 0 saturated carbocycles. The van der Waals surface area contributed by atoms with Crippen LogP contribution in [0.15, 0.2) is 64.5 Å². The highest BCUT2D eigenvalue weighted by Crippen LogP contribution is 2.35. The van der Waals surface area contributed by atoms with E-state index in [0.29, 0.717) is 0 Å². The minimum atomic E-state index is -3.95. The molecule has 0 amide bonds. The molecule has 1 unspecified atom stereocenters. The molecule has 0 bridgehead atoms. The maximum atomic E-state index is 12.9. The Morgan fingerprint density at radius 1 is 1.14 bits per heavy atom. The Hall–Kier alpha value is -2.47. The van der Waals surface area contributed by atoms with Gasteiger partial charge < -0.3 is 5.11 Å². The maximum Gasteiger partial charge on any atom is 0.307 e. The van der Waals surface area contributed by atoms with Crippen molar-refractivity contribution in [2.75, 3.05) is 0 Å². The monoisotopic (exact) mass is 315 g/mol. The largest absolute Gasteiger partial charge is 0.481 e. The van der Waals surface area contributed by atoms with Crippen LogP contribution in [0.25, 0.3) is 10.8 Å². The van der Waals surface area contributed by atoms with Crippen molar-refractivity contribution in [1.82, 2.24) is 0 Å². The highest BCUT2D eigenvalue weighted by atomic mass is 32.2. The lowest BCUT2D eigenvalue weighted by Crippen LogP contribution is -2.36. The number of hydrogen-bond acceptors (Lipinski definition) is 4. The number of fused-ring (bicyclic) bond motifs is 1. The summed E-state index contributed by atoms with van der Waals surface area (Å²) in [5.41, 5.74) is 0. The zero-order chi connectivity index (χ0) is 15.8. The van der Waals surface area contributed by atoms with Crippen LogP contribution >= 0.6 is 0 Å². The smallest absolute Gasteiger partial charge is 0.307 e. The van der Waals surface area contributed by atoms with Gasteiger partial charge in [0.1, 0.15) is 0 Å². The summed E-state index contributed by atoms with van der Waals surface area (Å²) in [5.74, 6) is -1.21. The molecule has 6 heteroatoms. The summed E-state index contributed by atoms with van der Waals surface area (Å²) < 4.78 is 25.8. The van der Waals surface area contributed by atoms with Crippen molar-refractivity contribution in [3.8, 4) is 0 Å². The van der Waals surface area contributed by atoms with Gasteiger partial charge in [0, 0.05) is 6.21 Å². The van der Waals surface area contributed by atoms with E-state index in [0.717, 1.165) is 10.8 Å². The third-order valence-electron chi connectivity index (χ3n) is 3.64. The normalized spacial score (nSPS) is 20.5. The van der Waals surface area contributed by atoms with Gasteiger partial charge in [0.2, 0.25) is 9.84 Å². The number of benzene rings is 2. The van der Waals surface area contributed by atoms with Gasteiger partial charge in [-0.1, -0.05) is 30.3 Å². The summed E-state index contributed by atoms with van der Waals surface area (Å²) in [5, 5.41) is 10.7. The Morgan fingerprint density at radius 2 is 1.86 bits per heavy atom. The summed E-state index contributed by atoms with van der Waals surface area (Å²) in [6.45, 7) is 0. The van der Waals surface area contributed by atoms with Crippen LogP contribution in [0.3, 0.4) is 0 Å². The van der Waals surface area contributed by atoms with Gasteiger partial charge in [-0.3, -0.25) is 9.79 Å². The standard InChI is InChI=1S/C16H13NO4S/c18-15(19)11-16(8-3-9-17-16)22(20,21)14-7-6-12-4-1-2-5-13(12)10-14/h1-10H,11H2,(H,18,19). The highest BCUT2D eigenvalue weighted by Gasteiger charge is 2.45. The van der Waals surface area contributed by atoms with Crippen LogP contribution in [0.2, 0.25) is 0 Å². The second kappa shape index (κ2) is 5.06. The van der Waals surface area contributed by atoms with Gasteiger partial charge in [-0.15, -0.1) is 0 Å². The van der Waals surface area contributed by atoms with Crippen molar-refractivity contribution < 1.29 is 18.3 Å². The van der Waals surface area contributed by atoms with Gasteiger partial charge in [-0.2, -0.15) is 0 Å². The second-order valence-electron chi connectivity index (χ2n) is 5.07. The molecular weight excluding hydrogens is 302 g/mol. The number of aliphatic carboxylic acids is 1. The molecule has 0 aliphatic carbocycles. The van der Waals surface area contributed by atoms with Gasteiger partial charge >= 0.3 is 5.97 Å². The van der Waals surface area contributed by atoms with Crippen LogP contribution in [0.1, 0.15) is 6.42 Å². The van der Waals surface area contributed by atoms with E-state index in [2.05, 4.69) is 4.99 Å². The Balaban J connectivity index is 2.16. The number of carboxylic acids is 1. The van der Waals surface area contributed by atoms with Crippen LogP contribution in [0.5, 0.6) is 0 Å². The molecule has 1 N–H and O–H groups in total. The van der Waals surface area contributed by atoms with E-state index < -0.39 is 27.1 Å². The van der Waals surface area contributed by atoms with Crippen molar-refractivity contribution in [1.29, 1.82) is 0 Å². The lowest BCUT2D eigenvalue weighted by Gasteiger charge is -2.22. The minimum Gasteiger partial charge on any atom is -0.481 e. The molecular formula is C16H13NO4S. The first-order valence-corrected chi connectivity index (χ1v) is 8.11. The van der Waals surface area contributed by atoms with Gasteiger partial charge in [-0.05, 0) is 35.1 Å². The first-order chi connectivity index (χ1) is 10.4. The number of hydrogen-bond donors (Lipinski definition) is 1. The average molecular weight is 315 g/mol. The predicted octanol–water partition coefficient (Wildman–Crippen LogP) is 2.43. The average Bonchev–Trinajstić information content (AvgIpc) is 2.96. The van der Waals surface area contributed by atoms with E-state index in [9.17, 15) is 13.2 Å². The number of nitrogens with zero attached hydrogens (tertiary/aromatic N) is 1. The van der Waals surface area contributed by atoms with Crippen LogP contribution < -0.4 is 0 Å². The predicted molar refractivity (Wildman–Crippen MR) is 83.7 cm³/mol. The minimum absolute atomic E-state index is 0.0659. The number of aliphatic imine (C=N–C) groups is 1. The third kappa shape index (κ3) is 2.21. The first-order valence-electron chi connectivity index (χ1n) is 6.63.